The second-order valence-electron chi connectivity index (χ2n) is 7.68. The number of oxazole rings is 1. The molecule has 0 spiro atoms. The monoisotopic (exact) mass is 471 g/mol. The van der Waals surface area contributed by atoms with Crippen molar-refractivity contribution in [2.45, 2.75) is 43.1 Å². The third-order valence-electron chi connectivity index (χ3n) is 5.53. The van der Waals surface area contributed by atoms with Crippen LogP contribution in [-0.4, -0.2) is 28.3 Å². The van der Waals surface area contributed by atoms with E-state index in [1.807, 2.05) is 0 Å². The quantitative estimate of drug-likeness (QED) is 0.277. The van der Waals surface area contributed by atoms with Crippen molar-refractivity contribution in [1.82, 2.24) is 14.5 Å². The minimum atomic E-state index is -0.338. The third kappa shape index (κ3) is 4.12. The SMILES string of the molecule is COCCn1c(SCc2coc(-c3cccc(F)c3)n2)nc2sc3c(c2c1=O)CCCC3. The molecule has 0 atom stereocenters. The predicted molar refractivity (Wildman–Crippen MR) is 124 cm³/mol. The van der Waals surface area contributed by atoms with E-state index in [1.165, 1.54) is 40.8 Å². The van der Waals surface area contributed by atoms with Crippen LogP contribution < -0.4 is 5.56 Å². The highest BCUT2D eigenvalue weighted by Gasteiger charge is 2.22. The number of thiophene rings is 1. The van der Waals surface area contributed by atoms with Crippen molar-refractivity contribution in [2.75, 3.05) is 13.7 Å². The van der Waals surface area contributed by atoms with Crippen LogP contribution in [-0.2, 0) is 29.9 Å². The summed E-state index contributed by atoms with van der Waals surface area (Å²) in [5.41, 5.74) is 2.48. The summed E-state index contributed by atoms with van der Waals surface area (Å²) in [5, 5.41) is 1.42. The lowest BCUT2D eigenvalue weighted by atomic mass is 9.97. The minimum absolute atomic E-state index is 0.00884. The van der Waals surface area contributed by atoms with Gasteiger partial charge in [-0.25, -0.2) is 14.4 Å². The minimum Gasteiger partial charge on any atom is -0.444 e. The Kier molecular flexibility index (Phi) is 6.12. The van der Waals surface area contributed by atoms with Gasteiger partial charge in [-0.2, -0.15) is 0 Å². The van der Waals surface area contributed by atoms with Gasteiger partial charge in [-0.1, -0.05) is 17.8 Å². The first kappa shape index (κ1) is 21.4. The predicted octanol–water partition coefficient (Wildman–Crippen LogP) is 5.07. The number of halogens is 1. The number of hydrogen-bond acceptors (Lipinski definition) is 7. The van der Waals surface area contributed by atoms with Gasteiger partial charge in [0.2, 0.25) is 5.89 Å². The van der Waals surface area contributed by atoms with E-state index < -0.39 is 0 Å². The van der Waals surface area contributed by atoms with E-state index in [4.69, 9.17) is 14.1 Å². The molecule has 0 bridgehead atoms. The molecule has 0 N–H and O–H groups in total. The van der Waals surface area contributed by atoms with Crippen LogP contribution in [0.25, 0.3) is 21.7 Å². The normalized spacial score (nSPS) is 13.6. The Morgan fingerprint density at radius 1 is 1.28 bits per heavy atom. The molecule has 0 saturated carbocycles. The van der Waals surface area contributed by atoms with Crippen LogP contribution in [0.1, 0.15) is 29.0 Å². The number of ether oxygens (including phenoxy) is 1. The molecule has 0 fully saturated rings. The van der Waals surface area contributed by atoms with Crippen LogP contribution in [0.4, 0.5) is 4.39 Å². The fourth-order valence-corrected chi connectivity index (χ4v) is 6.18. The van der Waals surface area contributed by atoms with Gasteiger partial charge in [0, 0.05) is 23.3 Å². The maximum absolute atomic E-state index is 13.5. The lowest BCUT2D eigenvalue weighted by Crippen LogP contribution is -2.25. The van der Waals surface area contributed by atoms with Gasteiger partial charge in [-0.15, -0.1) is 11.3 Å². The molecule has 6 nitrogen and oxygen atoms in total. The van der Waals surface area contributed by atoms with Crippen LogP contribution in [0.3, 0.4) is 0 Å². The zero-order chi connectivity index (χ0) is 22.1. The van der Waals surface area contributed by atoms with Crippen LogP contribution in [0.5, 0.6) is 0 Å². The lowest BCUT2D eigenvalue weighted by molar-refractivity contribution is 0.183. The molecule has 5 rings (SSSR count). The number of fused-ring (bicyclic) bond motifs is 3. The zero-order valence-electron chi connectivity index (χ0n) is 17.6. The molecule has 9 heteroatoms. The summed E-state index contributed by atoms with van der Waals surface area (Å²) >= 11 is 3.09. The number of thioether (sulfide) groups is 1. The highest BCUT2D eigenvalue weighted by Crippen LogP contribution is 2.35. The standard InChI is InChI=1S/C23H22FN3O3S2/c1-29-10-9-27-22(28)19-17-7-2-3-8-18(17)32-21(19)26-23(27)31-13-16-12-30-20(25-16)14-5-4-6-15(24)11-14/h4-6,11-12H,2-3,7-10,13H2,1H3. The molecule has 32 heavy (non-hydrogen) atoms. The lowest BCUT2D eigenvalue weighted by Gasteiger charge is -2.13. The molecular weight excluding hydrogens is 449 g/mol. The molecule has 1 aromatic carbocycles. The van der Waals surface area contributed by atoms with E-state index in [0.717, 1.165) is 29.5 Å². The topological polar surface area (TPSA) is 70.2 Å². The molecule has 0 unspecified atom stereocenters. The smallest absolute Gasteiger partial charge is 0.263 e. The summed E-state index contributed by atoms with van der Waals surface area (Å²) in [5.74, 6) is 0.510. The third-order valence-corrected chi connectivity index (χ3v) is 7.73. The van der Waals surface area contributed by atoms with E-state index in [-0.39, 0.29) is 11.4 Å². The summed E-state index contributed by atoms with van der Waals surface area (Å²) < 4.78 is 26.0. The molecule has 0 saturated heterocycles. The Balaban J connectivity index is 1.45. The van der Waals surface area contributed by atoms with Crippen molar-refractivity contribution >= 4 is 33.3 Å². The highest BCUT2D eigenvalue weighted by atomic mass is 32.2. The van der Waals surface area contributed by atoms with Gasteiger partial charge in [0.15, 0.2) is 5.16 Å². The maximum Gasteiger partial charge on any atom is 0.263 e. The largest absolute Gasteiger partial charge is 0.444 e. The molecule has 4 aromatic rings. The summed E-state index contributed by atoms with van der Waals surface area (Å²) in [6.07, 6.45) is 5.82. The first-order chi connectivity index (χ1) is 15.6. The first-order valence-corrected chi connectivity index (χ1v) is 12.3. The number of methoxy groups -OCH3 is 1. The average molecular weight is 472 g/mol. The van der Waals surface area contributed by atoms with Crippen molar-refractivity contribution in [1.29, 1.82) is 0 Å². The van der Waals surface area contributed by atoms with Gasteiger partial charge in [0.05, 0.1) is 24.2 Å². The summed E-state index contributed by atoms with van der Waals surface area (Å²) in [6, 6.07) is 6.14. The molecule has 3 heterocycles. The molecule has 3 aromatic heterocycles. The van der Waals surface area contributed by atoms with Gasteiger partial charge in [0.1, 0.15) is 16.9 Å². The van der Waals surface area contributed by atoms with Crippen molar-refractivity contribution in [2.24, 2.45) is 0 Å². The van der Waals surface area contributed by atoms with Crippen molar-refractivity contribution < 1.29 is 13.5 Å². The second-order valence-corrected chi connectivity index (χ2v) is 9.70. The van der Waals surface area contributed by atoms with Crippen molar-refractivity contribution in [3.63, 3.8) is 0 Å². The van der Waals surface area contributed by atoms with Gasteiger partial charge in [0.25, 0.3) is 5.56 Å². The maximum atomic E-state index is 13.5. The van der Waals surface area contributed by atoms with Crippen LogP contribution >= 0.6 is 23.1 Å². The summed E-state index contributed by atoms with van der Waals surface area (Å²) in [6.45, 7) is 0.874. The molecule has 166 valence electrons. The van der Waals surface area contributed by atoms with E-state index >= 15 is 0 Å². The molecule has 0 aliphatic heterocycles. The molecule has 0 radical (unpaired) electrons. The average Bonchev–Trinajstić information content (AvgIpc) is 3.42. The van der Waals surface area contributed by atoms with E-state index in [1.54, 1.807) is 41.4 Å². The highest BCUT2D eigenvalue weighted by molar-refractivity contribution is 7.98. The second kappa shape index (κ2) is 9.17. The van der Waals surface area contributed by atoms with E-state index in [9.17, 15) is 9.18 Å². The van der Waals surface area contributed by atoms with Gasteiger partial charge in [-0.3, -0.25) is 9.36 Å². The number of nitrogens with zero attached hydrogens (tertiary/aromatic N) is 3. The number of aryl methyl sites for hydroxylation is 2. The molecule has 1 aliphatic rings. The Morgan fingerprint density at radius 2 is 2.16 bits per heavy atom. The fourth-order valence-electron chi connectivity index (χ4n) is 3.98. The first-order valence-electron chi connectivity index (χ1n) is 10.5. The van der Waals surface area contributed by atoms with Gasteiger partial charge < -0.3 is 9.15 Å². The van der Waals surface area contributed by atoms with E-state index in [0.29, 0.717) is 41.2 Å². The van der Waals surface area contributed by atoms with E-state index in [2.05, 4.69) is 4.98 Å². The number of rotatable bonds is 7. The number of benzene rings is 1. The Bertz CT molecular complexity index is 1330. The Hall–Kier alpha value is -2.49. The Morgan fingerprint density at radius 3 is 3.00 bits per heavy atom. The Labute approximate surface area is 192 Å². The molecule has 1 aliphatic carbocycles. The van der Waals surface area contributed by atoms with Crippen molar-refractivity contribution in [3.8, 4) is 11.5 Å². The van der Waals surface area contributed by atoms with Crippen LogP contribution in [0.15, 0.2) is 44.9 Å². The number of hydrogen-bond donors (Lipinski definition) is 0. The molecule has 0 amide bonds. The van der Waals surface area contributed by atoms with Gasteiger partial charge >= 0.3 is 0 Å². The molecular formula is C23H22FN3O3S2. The zero-order valence-corrected chi connectivity index (χ0v) is 19.2. The van der Waals surface area contributed by atoms with Crippen LogP contribution in [0, 0.1) is 5.82 Å². The fraction of sp³-hybridized carbons (Fsp3) is 0.348. The van der Waals surface area contributed by atoms with Crippen LogP contribution in [0.2, 0.25) is 0 Å². The number of aromatic nitrogens is 3. The van der Waals surface area contributed by atoms with Crippen molar-refractivity contribution in [3.05, 3.63) is 62.8 Å². The van der Waals surface area contributed by atoms with Gasteiger partial charge in [-0.05, 0) is 49.4 Å². The summed E-state index contributed by atoms with van der Waals surface area (Å²) in [4.78, 5) is 24.9. The summed E-state index contributed by atoms with van der Waals surface area (Å²) in [7, 11) is 1.62.